The summed E-state index contributed by atoms with van der Waals surface area (Å²) in [5.41, 5.74) is 0.203. The summed E-state index contributed by atoms with van der Waals surface area (Å²) < 4.78 is 9.74. The molecule has 0 spiro atoms. The van der Waals surface area contributed by atoms with Crippen molar-refractivity contribution in [2.24, 2.45) is 5.92 Å². The summed E-state index contributed by atoms with van der Waals surface area (Å²) >= 11 is 0. The van der Waals surface area contributed by atoms with E-state index in [1.165, 1.54) is 26.4 Å². The molecule has 0 radical (unpaired) electrons. The summed E-state index contributed by atoms with van der Waals surface area (Å²) in [6, 6.07) is 4.48. The van der Waals surface area contributed by atoms with E-state index in [0.717, 1.165) is 19.3 Å². The van der Waals surface area contributed by atoms with Crippen molar-refractivity contribution in [3.05, 3.63) is 18.2 Å². The lowest BCUT2D eigenvalue weighted by atomic mass is 10.0. The molecule has 0 aliphatic carbocycles. The predicted octanol–water partition coefficient (Wildman–Crippen LogP) is 2.71. The second kappa shape index (κ2) is 8.92. The van der Waals surface area contributed by atoms with Gasteiger partial charge in [-0.15, -0.1) is 0 Å². The van der Waals surface area contributed by atoms with Gasteiger partial charge in [0, 0.05) is 6.07 Å². The van der Waals surface area contributed by atoms with E-state index in [-0.39, 0.29) is 11.4 Å². The van der Waals surface area contributed by atoms with Gasteiger partial charge in [0.25, 0.3) is 0 Å². The van der Waals surface area contributed by atoms with Crippen LogP contribution in [0.2, 0.25) is 0 Å². The standard InChI is InChI=1S/C16H23NO5/c1-4-5-6-7-12(16(20)22-3)15(19)17-13-10-11(21-2)8-9-14(13)18/h8-10,12,18H,4-7H2,1-3H3,(H,17,19). The average Bonchev–Trinajstić information content (AvgIpc) is 2.52. The number of hydrogen-bond acceptors (Lipinski definition) is 5. The Morgan fingerprint density at radius 3 is 2.59 bits per heavy atom. The monoisotopic (exact) mass is 309 g/mol. The number of anilines is 1. The van der Waals surface area contributed by atoms with Gasteiger partial charge in [-0.2, -0.15) is 0 Å². The minimum absolute atomic E-state index is 0.0914. The number of methoxy groups -OCH3 is 2. The minimum atomic E-state index is -0.887. The van der Waals surface area contributed by atoms with E-state index >= 15 is 0 Å². The van der Waals surface area contributed by atoms with Gasteiger partial charge in [-0.05, 0) is 18.6 Å². The molecule has 6 heteroatoms. The van der Waals surface area contributed by atoms with Crippen LogP contribution in [0, 0.1) is 5.92 Å². The summed E-state index contributed by atoms with van der Waals surface area (Å²) in [4.78, 5) is 24.1. The SMILES string of the molecule is CCCCCC(C(=O)Nc1cc(OC)ccc1O)C(=O)OC. The summed E-state index contributed by atoms with van der Waals surface area (Å²) in [6.45, 7) is 2.04. The number of carbonyl (C=O) groups is 2. The summed E-state index contributed by atoms with van der Waals surface area (Å²) in [6.07, 6.45) is 3.10. The van der Waals surface area contributed by atoms with Crippen LogP contribution >= 0.6 is 0 Å². The first-order chi connectivity index (χ1) is 10.5. The topological polar surface area (TPSA) is 84.9 Å². The van der Waals surface area contributed by atoms with Gasteiger partial charge in [-0.3, -0.25) is 9.59 Å². The molecule has 1 amide bonds. The maximum Gasteiger partial charge on any atom is 0.318 e. The third-order valence-electron chi connectivity index (χ3n) is 3.36. The van der Waals surface area contributed by atoms with Crippen LogP contribution in [0.5, 0.6) is 11.5 Å². The first-order valence-corrected chi connectivity index (χ1v) is 7.29. The lowest BCUT2D eigenvalue weighted by Crippen LogP contribution is -2.30. The molecule has 0 heterocycles. The highest BCUT2D eigenvalue weighted by Gasteiger charge is 2.27. The molecule has 0 aliphatic rings. The van der Waals surface area contributed by atoms with E-state index in [1.807, 2.05) is 6.92 Å². The van der Waals surface area contributed by atoms with E-state index < -0.39 is 17.8 Å². The van der Waals surface area contributed by atoms with Gasteiger partial charge < -0.3 is 19.9 Å². The number of hydrogen-bond donors (Lipinski definition) is 2. The normalized spacial score (nSPS) is 11.6. The Balaban J connectivity index is 2.83. The quantitative estimate of drug-likeness (QED) is 0.334. The molecule has 1 aromatic carbocycles. The molecule has 0 aromatic heterocycles. The van der Waals surface area contributed by atoms with E-state index in [2.05, 4.69) is 5.32 Å². The zero-order valence-electron chi connectivity index (χ0n) is 13.2. The first-order valence-electron chi connectivity index (χ1n) is 7.29. The van der Waals surface area contributed by atoms with Crippen LogP contribution in [0.15, 0.2) is 18.2 Å². The Hall–Kier alpha value is -2.24. The average molecular weight is 309 g/mol. The second-order valence-corrected chi connectivity index (χ2v) is 4.94. The number of benzene rings is 1. The summed E-state index contributed by atoms with van der Waals surface area (Å²) in [5, 5.41) is 12.3. The van der Waals surface area contributed by atoms with Gasteiger partial charge in [-0.1, -0.05) is 26.2 Å². The largest absolute Gasteiger partial charge is 0.506 e. The number of aromatic hydroxyl groups is 1. The maximum atomic E-state index is 12.3. The number of carbonyl (C=O) groups excluding carboxylic acids is 2. The van der Waals surface area contributed by atoms with Crippen molar-refractivity contribution in [3.63, 3.8) is 0 Å². The highest BCUT2D eigenvalue weighted by Crippen LogP contribution is 2.28. The Morgan fingerprint density at radius 2 is 2.00 bits per heavy atom. The number of ether oxygens (including phenoxy) is 2. The van der Waals surface area contributed by atoms with Gasteiger partial charge in [-0.25, -0.2) is 0 Å². The van der Waals surface area contributed by atoms with Crippen LogP contribution in [0.25, 0.3) is 0 Å². The molecule has 1 rings (SSSR count). The Bertz CT molecular complexity index is 515. The van der Waals surface area contributed by atoms with Crippen molar-refractivity contribution in [1.29, 1.82) is 0 Å². The maximum absolute atomic E-state index is 12.3. The lowest BCUT2D eigenvalue weighted by molar-refractivity contribution is -0.149. The number of rotatable bonds is 8. The molecule has 0 bridgehead atoms. The molecule has 1 atom stereocenters. The van der Waals surface area contributed by atoms with Gasteiger partial charge in [0.05, 0.1) is 19.9 Å². The fraction of sp³-hybridized carbons (Fsp3) is 0.500. The van der Waals surface area contributed by atoms with Crippen molar-refractivity contribution >= 4 is 17.6 Å². The summed E-state index contributed by atoms with van der Waals surface area (Å²) in [5.74, 6) is -1.55. The predicted molar refractivity (Wildman–Crippen MR) is 82.9 cm³/mol. The fourth-order valence-corrected chi connectivity index (χ4v) is 2.06. The molecule has 2 N–H and O–H groups in total. The van der Waals surface area contributed by atoms with Crippen molar-refractivity contribution in [3.8, 4) is 11.5 Å². The molecule has 0 saturated heterocycles. The van der Waals surface area contributed by atoms with Crippen molar-refractivity contribution in [2.75, 3.05) is 19.5 Å². The third kappa shape index (κ3) is 4.95. The van der Waals surface area contributed by atoms with Gasteiger partial charge in [0.2, 0.25) is 5.91 Å². The molecular weight excluding hydrogens is 286 g/mol. The van der Waals surface area contributed by atoms with Gasteiger partial charge >= 0.3 is 5.97 Å². The number of unbranched alkanes of at least 4 members (excludes halogenated alkanes) is 2. The second-order valence-electron chi connectivity index (χ2n) is 4.94. The molecule has 122 valence electrons. The number of phenolic OH excluding ortho intramolecular Hbond substituents is 1. The van der Waals surface area contributed by atoms with Crippen molar-refractivity contribution in [2.45, 2.75) is 32.6 Å². The van der Waals surface area contributed by atoms with Crippen LogP contribution in [0.1, 0.15) is 32.6 Å². The molecule has 1 aromatic rings. The third-order valence-corrected chi connectivity index (χ3v) is 3.36. The smallest absolute Gasteiger partial charge is 0.318 e. The zero-order valence-corrected chi connectivity index (χ0v) is 13.2. The highest BCUT2D eigenvalue weighted by molar-refractivity contribution is 6.05. The highest BCUT2D eigenvalue weighted by atomic mass is 16.5. The van der Waals surface area contributed by atoms with Crippen molar-refractivity contribution < 1.29 is 24.2 Å². The van der Waals surface area contributed by atoms with Crippen LogP contribution in [0.3, 0.4) is 0 Å². The van der Waals surface area contributed by atoms with Gasteiger partial charge in [0.15, 0.2) is 0 Å². The first kappa shape index (κ1) is 17.8. The molecule has 0 aliphatic heterocycles. The molecule has 6 nitrogen and oxygen atoms in total. The Morgan fingerprint density at radius 1 is 1.27 bits per heavy atom. The molecule has 22 heavy (non-hydrogen) atoms. The fourth-order valence-electron chi connectivity index (χ4n) is 2.06. The van der Waals surface area contributed by atoms with Crippen LogP contribution in [-0.2, 0) is 14.3 Å². The van der Waals surface area contributed by atoms with E-state index in [9.17, 15) is 14.7 Å². The summed E-state index contributed by atoms with van der Waals surface area (Å²) in [7, 11) is 2.74. The lowest BCUT2D eigenvalue weighted by Gasteiger charge is -2.15. The zero-order chi connectivity index (χ0) is 16.5. The molecule has 1 unspecified atom stereocenters. The molecule has 0 fully saturated rings. The number of nitrogens with one attached hydrogen (secondary N) is 1. The Kier molecular flexibility index (Phi) is 7.22. The number of esters is 1. The van der Waals surface area contributed by atoms with Crippen LogP contribution in [-0.4, -0.2) is 31.2 Å². The van der Waals surface area contributed by atoms with E-state index in [4.69, 9.17) is 9.47 Å². The number of phenols is 1. The van der Waals surface area contributed by atoms with Gasteiger partial charge in [0.1, 0.15) is 17.4 Å². The van der Waals surface area contributed by atoms with Crippen LogP contribution < -0.4 is 10.1 Å². The van der Waals surface area contributed by atoms with E-state index in [1.54, 1.807) is 6.07 Å². The van der Waals surface area contributed by atoms with E-state index in [0.29, 0.717) is 12.2 Å². The van der Waals surface area contributed by atoms with Crippen LogP contribution in [0.4, 0.5) is 5.69 Å². The number of amides is 1. The molecule has 0 saturated carbocycles. The Labute approximate surface area is 130 Å². The van der Waals surface area contributed by atoms with Crippen molar-refractivity contribution in [1.82, 2.24) is 0 Å². The minimum Gasteiger partial charge on any atom is -0.506 e. The molecular formula is C16H23NO5.